The molecule has 0 unspecified atom stereocenters. The van der Waals surface area contributed by atoms with Gasteiger partial charge in [-0.3, -0.25) is 4.79 Å². The summed E-state index contributed by atoms with van der Waals surface area (Å²) in [5, 5.41) is 7.28. The first-order chi connectivity index (χ1) is 12.4. The fraction of sp³-hybridized carbons (Fsp3) is 0.167. The zero-order valence-electron chi connectivity index (χ0n) is 13.7. The summed E-state index contributed by atoms with van der Waals surface area (Å²) in [6.45, 7) is -1.42. The van der Waals surface area contributed by atoms with E-state index in [9.17, 15) is 18.4 Å². The van der Waals surface area contributed by atoms with E-state index in [0.29, 0.717) is 5.56 Å². The van der Waals surface area contributed by atoms with Gasteiger partial charge in [-0.1, -0.05) is 42.5 Å². The van der Waals surface area contributed by atoms with Crippen LogP contribution in [0.5, 0.6) is 5.75 Å². The summed E-state index contributed by atoms with van der Waals surface area (Å²) in [4.78, 5) is 24.9. The quantitative estimate of drug-likeness (QED) is 0.659. The van der Waals surface area contributed by atoms with Crippen molar-refractivity contribution in [3.05, 3.63) is 65.7 Å². The van der Waals surface area contributed by atoms with Crippen molar-refractivity contribution in [2.24, 2.45) is 5.10 Å². The van der Waals surface area contributed by atoms with Gasteiger partial charge in [-0.05, 0) is 30.2 Å². The predicted octanol–water partition coefficient (Wildman–Crippen LogP) is 3.09. The van der Waals surface area contributed by atoms with Crippen LogP contribution < -0.4 is 10.1 Å². The van der Waals surface area contributed by atoms with Gasteiger partial charge in [-0.15, -0.1) is 5.01 Å². The van der Waals surface area contributed by atoms with Crippen molar-refractivity contribution in [1.82, 2.24) is 10.3 Å². The van der Waals surface area contributed by atoms with E-state index in [4.69, 9.17) is 0 Å². The van der Waals surface area contributed by atoms with E-state index in [-0.39, 0.29) is 5.75 Å². The lowest BCUT2D eigenvalue weighted by Gasteiger charge is -2.21. The fourth-order valence-electron chi connectivity index (χ4n) is 2.56. The number of imide groups is 1. The second kappa shape index (κ2) is 6.91. The molecule has 1 saturated heterocycles. The number of carbonyl (C=O) groups is 2. The minimum absolute atomic E-state index is 0.0388. The molecule has 1 aliphatic rings. The number of nitrogens with zero attached hydrogens (tertiary/aromatic N) is 2. The Kier molecular flexibility index (Phi) is 4.66. The molecule has 0 spiro atoms. The largest absolute Gasteiger partial charge is 0.435 e. The Bertz CT molecular complexity index is 841. The topological polar surface area (TPSA) is 71.0 Å². The number of amides is 3. The Hall–Kier alpha value is -3.29. The zero-order valence-corrected chi connectivity index (χ0v) is 13.7. The van der Waals surface area contributed by atoms with Crippen LogP contribution in [0.25, 0.3) is 0 Å². The van der Waals surface area contributed by atoms with Crippen molar-refractivity contribution >= 4 is 18.2 Å². The van der Waals surface area contributed by atoms with Crippen LogP contribution in [0.2, 0.25) is 0 Å². The highest BCUT2D eigenvalue weighted by Crippen LogP contribution is 2.30. The maximum atomic E-state index is 12.7. The van der Waals surface area contributed by atoms with Crippen LogP contribution in [-0.4, -0.2) is 29.8 Å². The highest BCUT2D eigenvalue weighted by molar-refractivity contribution is 6.07. The van der Waals surface area contributed by atoms with Crippen molar-refractivity contribution in [2.75, 3.05) is 0 Å². The summed E-state index contributed by atoms with van der Waals surface area (Å²) in [5.41, 5.74) is -0.195. The van der Waals surface area contributed by atoms with E-state index in [2.05, 4.69) is 15.2 Å². The molecule has 0 bridgehead atoms. The van der Waals surface area contributed by atoms with Gasteiger partial charge < -0.3 is 10.1 Å². The van der Waals surface area contributed by atoms with Gasteiger partial charge in [0.1, 0.15) is 11.3 Å². The van der Waals surface area contributed by atoms with Crippen LogP contribution >= 0.6 is 0 Å². The molecule has 1 heterocycles. The zero-order chi connectivity index (χ0) is 18.7. The molecule has 1 fully saturated rings. The number of urea groups is 1. The number of nitrogens with one attached hydrogen (secondary N) is 1. The van der Waals surface area contributed by atoms with E-state index < -0.39 is 24.1 Å². The number of ether oxygens (including phenoxy) is 1. The maximum absolute atomic E-state index is 12.7. The number of carbonyl (C=O) groups excluding carboxylic acids is 2. The molecular weight excluding hydrogens is 344 g/mol. The van der Waals surface area contributed by atoms with E-state index in [1.165, 1.54) is 37.4 Å². The molecule has 3 amide bonds. The highest BCUT2D eigenvalue weighted by atomic mass is 19.3. The van der Waals surface area contributed by atoms with Gasteiger partial charge in [0.25, 0.3) is 5.91 Å². The number of hydrogen-bond donors (Lipinski definition) is 1. The van der Waals surface area contributed by atoms with Gasteiger partial charge in [0, 0.05) is 0 Å². The van der Waals surface area contributed by atoms with Gasteiger partial charge in [0.15, 0.2) is 0 Å². The molecule has 2 aromatic carbocycles. The molecule has 6 nitrogen and oxygen atoms in total. The van der Waals surface area contributed by atoms with Gasteiger partial charge in [-0.2, -0.15) is 13.9 Å². The Balaban J connectivity index is 1.81. The molecule has 1 atom stereocenters. The smallest absolute Gasteiger partial charge is 0.387 e. The summed E-state index contributed by atoms with van der Waals surface area (Å²) in [6, 6.07) is 13.8. The van der Waals surface area contributed by atoms with Crippen LogP contribution in [0.1, 0.15) is 18.1 Å². The lowest BCUT2D eigenvalue weighted by atomic mass is 9.92. The van der Waals surface area contributed by atoms with Crippen molar-refractivity contribution < 1.29 is 23.1 Å². The summed E-state index contributed by atoms with van der Waals surface area (Å²) >= 11 is 0. The Morgan fingerprint density at radius 1 is 1.12 bits per heavy atom. The van der Waals surface area contributed by atoms with E-state index >= 15 is 0 Å². The third-order valence-corrected chi connectivity index (χ3v) is 3.95. The van der Waals surface area contributed by atoms with Crippen molar-refractivity contribution in [1.29, 1.82) is 0 Å². The molecule has 134 valence electrons. The third kappa shape index (κ3) is 3.39. The number of hydrazone groups is 1. The highest BCUT2D eigenvalue weighted by Gasteiger charge is 2.49. The molecule has 3 rings (SSSR count). The first-order valence-electron chi connectivity index (χ1n) is 7.71. The molecule has 1 N–H and O–H groups in total. The summed E-state index contributed by atoms with van der Waals surface area (Å²) < 4.78 is 28.7. The van der Waals surface area contributed by atoms with Crippen LogP contribution in [0, 0.1) is 0 Å². The predicted molar refractivity (Wildman–Crippen MR) is 89.8 cm³/mol. The van der Waals surface area contributed by atoms with Gasteiger partial charge in [0.05, 0.1) is 6.21 Å². The Morgan fingerprint density at radius 2 is 1.77 bits per heavy atom. The molecule has 0 aliphatic carbocycles. The molecule has 2 aromatic rings. The average molecular weight is 359 g/mol. The second-order valence-corrected chi connectivity index (χ2v) is 5.73. The lowest BCUT2D eigenvalue weighted by molar-refractivity contribution is -0.131. The van der Waals surface area contributed by atoms with Gasteiger partial charge in [0.2, 0.25) is 0 Å². The van der Waals surface area contributed by atoms with Crippen molar-refractivity contribution in [2.45, 2.75) is 19.1 Å². The van der Waals surface area contributed by atoms with Crippen LogP contribution in [-0.2, 0) is 10.3 Å². The molecular formula is C18H15F2N3O3. The van der Waals surface area contributed by atoms with Crippen LogP contribution in [0.3, 0.4) is 0 Å². The number of benzene rings is 2. The maximum Gasteiger partial charge on any atom is 0.387 e. The Morgan fingerprint density at radius 3 is 2.38 bits per heavy atom. The lowest BCUT2D eigenvalue weighted by Crippen LogP contribution is -2.40. The van der Waals surface area contributed by atoms with Crippen LogP contribution in [0.15, 0.2) is 59.7 Å². The molecule has 1 aliphatic heterocycles. The molecule has 0 saturated carbocycles. The SMILES string of the molecule is C[C@]1(c2ccc(OC(F)F)cc2)NC(=O)N(N=Cc2ccccc2)C1=O. The van der Waals surface area contributed by atoms with Gasteiger partial charge in [-0.25, -0.2) is 4.79 Å². The minimum atomic E-state index is -2.94. The summed E-state index contributed by atoms with van der Waals surface area (Å²) in [6.07, 6.45) is 1.41. The van der Waals surface area contributed by atoms with Crippen molar-refractivity contribution in [3.63, 3.8) is 0 Å². The van der Waals surface area contributed by atoms with Crippen LogP contribution in [0.4, 0.5) is 13.6 Å². The monoisotopic (exact) mass is 359 g/mol. The van der Waals surface area contributed by atoms with Gasteiger partial charge >= 0.3 is 12.6 Å². The molecule has 26 heavy (non-hydrogen) atoms. The van der Waals surface area contributed by atoms with Crippen molar-refractivity contribution in [3.8, 4) is 5.75 Å². The number of alkyl halides is 2. The third-order valence-electron chi connectivity index (χ3n) is 3.95. The number of hydrogen-bond acceptors (Lipinski definition) is 4. The fourth-order valence-corrected chi connectivity index (χ4v) is 2.56. The molecule has 8 heteroatoms. The second-order valence-electron chi connectivity index (χ2n) is 5.73. The first-order valence-corrected chi connectivity index (χ1v) is 7.71. The Labute approximate surface area is 148 Å². The van der Waals surface area contributed by atoms with E-state index in [0.717, 1.165) is 10.6 Å². The average Bonchev–Trinajstić information content (AvgIpc) is 2.84. The summed E-state index contributed by atoms with van der Waals surface area (Å²) in [5.74, 6) is -0.611. The normalized spacial score (nSPS) is 20.1. The standard InChI is InChI=1S/C18H15F2N3O3/c1-18(13-7-9-14(10-8-13)26-16(19)20)15(24)23(17(25)22-18)21-11-12-5-3-2-4-6-12/h2-11,16H,1H3,(H,22,25)/t18-/m1/s1. The number of rotatable bonds is 5. The minimum Gasteiger partial charge on any atom is -0.435 e. The van der Waals surface area contributed by atoms with E-state index in [1.54, 1.807) is 24.3 Å². The first kappa shape index (κ1) is 17.5. The van der Waals surface area contributed by atoms with E-state index in [1.807, 2.05) is 6.07 Å². The summed E-state index contributed by atoms with van der Waals surface area (Å²) in [7, 11) is 0. The number of halogens is 2. The molecule has 0 aromatic heterocycles. The molecule has 0 radical (unpaired) electrons.